The summed E-state index contributed by atoms with van der Waals surface area (Å²) >= 11 is 0. The van der Waals surface area contributed by atoms with Gasteiger partial charge in [-0.2, -0.15) is 4.39 Å². The Balaban J connectivity index is 1.79. The number of para-hydroxylation sites is 1. The van der Waals surface area contributed by atoms with Crippen LogP contribution in [0.15, 0.2) is 90.7 Å². The number of urea groups is 1. The molecule has 0 aliphatic carbocycles. The summed E-state index contributed by atoms with van der Waals surface area (Å²) in [5.74, 6) is -0.881. The first-order valence-corrected chi connectivity index (χ1v) is 10.1. The van der Waals surface area contributed by atoms with Gasteiger partial charge in [-0.1, -0.05) is 42.5 Å². The van der Waals surface area contributed by atoms with Crippen molar-refractivity contribution in [1.82, 2.24) is 5.32 Å². The predicted octanol–water partition coefficient (Wildman–Crippen LogP) is 4.97. The van der Waals surface area contributed by atoms with E-state index in [0.717, 1.165) is 0 Å². The molecule has 1 saturated heterocycles. The Hall–Kier alpha value is -3.65. The van der Waals surface area contributed by atoms with E-state index in [-0.39, 0.29) is 17.9 Å². The number of anilines is 1. The van der Waals surface area contributed by atoms with E-state index in [1.54, 1.807) is 35.2 Å². The van der Waals surface area contributed by atoms with Gasteiger partial charge in [0.2, 0.25) is 0 Å². The van der Waals surface area contributed by atoms with Crippen molar-refractivity contribution in [3.05, 3.63) is 102 Å². The van der Waals surface area contributed by atoms with Gasteiger partial charge >= 0.3 is 6.03 Å². The summed E-state index contributed by atoms with van der Waals surface area (Å²) < 4.78 is 25.6. The lowest BCUT2D eigenvalue weighted by atomic mass is 9.97. The second kappa shape index (κ2) is 10.6. The number of aliphatic hydroxyl groups is 3. The van der Waals surface area contributed by atoms with Crippen LogP contribution in [-0.4, -0.2) is 33.4 Å². The predicted molar refractivity (Wildman–Crippen MR) is 117 cm³/mol. The Morgan fingerprint density at radius 3 is 2.47 bits per heavy atom. The molecule has 3 rings (SSSR count). The maximum absolute atomic E-state index is 13.1. The molecule has 1 aliphatic rings. The van der Waals surface area contributed by atoms with Crippen molar-refractivity contribution < 1.29 is 28.9 Å². The molecule has 0 radical (unpaired) electrons. The van der Waals surface area contributed by atoms with Crippen molar-refractivity contribution in [3.63, 3.8) is 0 Å². The first-order chi connectivity index (χ1) is 15.3. The molecule has 0 bridgehead atoms. The Kier molecular flexibility index (Phi) is 7.62. The van der Waals surface area contributed by atoms with E-state index < -0.39 is 23.9 Å². The number of nitrogens with one attached hydrogen (secondary N) is 1. The summed E-state index contributed by atoms with van der Waals surface area (Å²) in [5, 5.41) is 31.6. The molecule has 3 unspecified atom stereocenters. The van der Waals surface area contributed by atoms with Crippen LogP contribution in [0.4, 0.5) is 19.3 Å². The van der Waals surface area contributed by atoms with Crippen LogP contribution in [0.1, 0.15) is 24.5 Å². The van der Waals surface area contributed by atoms with Crippen LogP contribution >= 0.6 is 0 Å². The van der Waals surface area contributed by atoms with Crippen LogP contribution in [0.5, 0.6) is 0 Å². The summed E-state index contributed by atoms with van der Waals surface area (Å²) in [6, 6.07) is 11.9. The number of carbonyl (C=O) groups excluding carboxylic acids is 1. The van der Waals surface area contributed by atoms with Crippen LogP contribution < -0.4 is 10.2 Å². The highest BCUT2D eigenvalue weighted by Gasteiger charge is 2.38. The molecule has 2 aromatic carbocycles. The number of halogens is 2. The van der Waals surface area contributed by atoms with Gasteiger partial charge in [-0.25, -0.2) is 9.18 Å². The van der Waals surface area contributed by atoms with Crippen molar-refractivity contribution >= 4 is 11.7 Å². The maximum atomic E-state index is 13.1. The first kappa shape index (κ1) is 23.0. The molecule has 2 aromatic rings. The molecule has 8 heteroatoms. The monoisotopic (exact) mass is 442 g/mol. The van der Waals surface area contributed by atoms with Gasteiger partial charge in [-0.15, -0.1) is 0 Å². The second-order valence-corrected chi connectivity index (χ2v) is 7.34. The molecule has 0 spiro atoms. The van der Waals surface area contributed by atoms with Crippen LogP contribution in [0.2, 0.25) is 0 Å². The fraction of sp³-hybridized carbons (Fsp3) is 0.208. The number of rotatable bonds is 8. The number of aliphatic hydroxyl groups excluding tert-OH is 3. The van der Waals surface area contributed by atoms with Crippen molar-refractivity contribution in [2.75, 3.05) is 4.90 Å². The fourth-order valence-electron chi connectivity index (χ4n) is 3.60. The molecule has 6 nitrogen and oxygen atoms in total. The molecule has 32 heavy (non-hydrogen) atoms. The smallest absolute Gasteiger partial charge is 0.322 e. The summed E-state index contributed by atoms with van der Waals surface area (Å²) in [6.45, 7) is 0. The lowest BCUT2D eigenvalue weighted by Crippen LogP contribution is -2.35. The Bertz CT molecular complexity index is 1000. The summed E-state index contributed by atoms with van der Waals surface area (Å²) in [6.07, 6.45) is 4.77. The molecule has 1 fully saturated rings. The number of amides is 2. The Morgan fingerprint density at radius 2 is 1.81 bits per heavy atom. The van der Waals surface area contributed by atoms with E-state index >= 15 is 0 Å². The van der Waals surface area contributed by atoms with Gasteiger partial charge in [-0.3, -0.25) is 4.90 Å². The molecule has 0 aromatic heterocycles. The highest BCUT2D eigenvalue weighted by Crippen LogP contribution is 2.28. The van der Waals surface area contributed by atoms with E-state index in [2.05, 4.69) is 5.32 Å². The van der Waals surface area contributed by atoms with Crippen molar-refractivity contribution in [2.45, 2.75) is 31.0 Å². The molecule has 1 aliphatic heterocycles. The van der Waals surface area contributed by atoms with E-state index in [1.165, 1.54) is 36.4 Å². The molecular weight excluding hydrogens is 418 g/mol. The number of benzene rings is 2. The van der Waals surface area contributed by atoms with Gasteiger partial charge in [0.25, 0.3) is 6.01 Å². The minimum Gasteiger partial charge on any atom is -0.508 e. The van der Waals surface area contributed by atoms with Crippen LogP contribution in [-0.2, 0) is 0 Å². The van der Waals surface area contributed by atoms with Gasteiger partial charge in [0.15, 0.2) is 0 Å². The average Bonchev–Trinajstić information content (AvgIpc) is 3.07. The quantitative estimate of drug-likeness (QED) is 0.343. The molecule has 4 N–H and O–H groups in total. The van der Waals surface area contributed by atoms with Gasteiger partial charge in [0, 0.05) is 5.69 Å². The van der Waals surface area contributed by atoms with Crippen LogP contribution in [0.3, 0.4) is 0 Å². The number of allylic oxidation sites excluding steroid dienone is 3. The maximum Gasteiger partial charge on any atom is 0.322 e. The van der Waals surface area contributed by atoms with E-state index in [1.807, 2.05) is 6.07 Å². The molecule has 168 valence electrons. The van der Waals surface area contributed by atoms with E-state index in [9.17, 15) is 23.8 Å². The van der Waals surface area contributed by atoms with Gasteiger partial charge in [-0.05, 0) is 48.7 Å². The SMILES string of the molecule is O=C1NC(CCC(O)c2ccc(F)cc2)C(/C=C/C=C(O)\C=C(\O)F)N1c1ccccc1. The lowest BCUT2D eigenvalue weighted by molar-refractivity contribution is 0.160. The number of hydrogen-bond acceptors (Lipinski definition) is 4. The minimum absolute atomic E-state index is 0.318. The fourth-order valence-corrected chi connectivity index (χ4v) is 3.60. The van der Waals surface area contributed by atoms with Crippen molar-refractivity contribution in [2.24, 2.45) is 0 Å². The standard InChI is InChI=1S/C24H24F2N2O4/c25-17-11-9-16(10-12-17)22(30)14-13-20-21(8-4-7-19(29)15-23(26)31)28(24(32)27-20)18-5-2-1-3-6-18/h1-12,15,20-22,29-31H,13-14H2,(H,27,32)/b8-4+,19-7+,23-15+. The summed E-state index contributed by atoms with van der Waals surface area (Å²) in [5.41, 5.74) is 1.24. The van der Waals surface area contributed by atoms with Crippen LogP contribution in [0, 0.1) is 5.82 Å². The van der Waals surface area contributed by atoms with Crippen LogP contribution in [0.25, 0.3) is 0 Å². The second-order valence-electron chi connectivity index (χ2n) is 7.34. The lowest BCUT2D eigenvalue weighted by Gasteiger charge is -2.24. The Morgan fingerprint density at radius 1 is 1.12 bits per heavy atom. The third kappa shape index (κ3) is 5.95. The molecule has 1 heterocycles. The minimum atomic E-state index is -1.52. The molecule has 0 saturated carbocycles. The zero-order chi connectivity index (χ0) is 23.1. The summed E-state index contributed by atoms with van der Waals surface area (Å²) in [7, 11) is 0. The third-order valence-electron chi connectivity index (χ3n) is 5.12. The summed E-state index contributed by atoms with van der Waals surface area (Å²) in [4.78, 5) is 14.3. The van der Waals surface area contributed by atoms with Crippen molar-refractivity contribution in [1.29, 1.82) is 0 Å². The number of carbonyl (C=O) groups is 1. The van der Waals surface area contributed by atoms with Gasteiger partial charge in [0.1, 0.15) is 11.6 Å². The van der Waals surface area contributed by atoms with Gasteiger partial charge in [0.05, 0.1) is 24.3 Å². The van der Waals surface area contributed by atoms with Gasteiger partial charge < -0.3 is 20.6 Å². The molecular formula is C24H24F2N2O4. The molecule has 2 amide bonds. The first-order valence-electron chi connectivity index (χ1n) is 10.1. The number of nitrogens with zero attached hydrogens (tertiary/aromatic N) is 1. The van der Waals surface area contributed by atoms with E-state index in [0.29, 0.717) is 30.2 Å². The largest absolute Gasteiger partial charge is 0.508 e. The van der Waals surface area contributed by atoms with Crippen molar-refractivity contribution in [3.8, 4) is 0 Å². The Labute approximate surface area is 184 Å². The highest BCUT2D eigenvalue weighted by atomic mass is 19.1. The normalized spacial score (nSPS) is 20.6. The average molecular weight is 442 g/mol. The molecule has 3 atom stereocenters. The number of hydrogen-bond donors (Lipinski definition) is 4. The highest BCUT2D eigenvalue weighted by molar-refractivity contribution is 5.96. The van der Waals surface area contributed by atoms with E-state index in [4.69, 9.17) is 5.11 Å². The zero-order valence-electron chi connectivity index (χ0n) is 17.1. The third-order valence-corrected chi connectivity index (χ3v) is 5.12. The topological polar surface area (TPSA) is 93.0 Å². The zero-order valence-corrected chi connectivity index (χ0v) is 17.1.